The lowest BCUT2D eigenvalue weighted by Crippen LogP contribution is -2.30. The van der Waals surface area contributed by atoms with E-state index in [9.17, 15) is 4.79 Å². The van der Waals surface area contributed by atoms with E-state index in [1.807, 2.05) is 36.4 Å². The number of ether oxygens (including phenoxy) is 2. The van der Waals surface area contributed by atoms with Gasteiger partial charge in [0.05, 0.1) is 0 Å². The van der Waals surface area contributed by atoms with Crippen LogP contribution in [0.3, 0.4) is 0 Å². The summed E-state index contributed by atoms with van der Waals surface area (Å²) in [5.74, 6) is 1.56. The third-order valence-electron chi connectivity index (χ3n) is 4.28. The van der Waals surface area contributed by atoms with Crippen molar-refractivity contribution in [3.8, 4) is 11.5 Å². The molecule has 1 amide bonds. The second kappa shape index (κ2) is 8.53. The summed E-state index contributed by atoms with van der Waals surface area (Å²) in [4.78, 5) is 14.4. The Morgan fingerprint density at radius 1 is 1.08 bits per heavy atom. The number of carbonyl (C=O) groups is 1. The van der Waals surface area contributed by atoms with Gasteiger partial charge in [-0.15, -0.1) is 0 Å². The monoisotopic (exact) mass is 340 g/mol. The van der Waals surface area contributed by atoms with Gasteiger partial charge < -0.3 is 14.8 Å². The van der Waals surface area contributed by atoms with Gasteiger partial charge in [-0.3, -0.25) is 9.69 Å². The second-order valence-corrected chi connectivity index (χ2v) is 6.07. The van der Waals surface area contributed by atoms with Gasteiger partial charge in [0, 0.05) is 26.1 Å². The number of hydrogen-bond acceptors (Lipinski definition) is 4. The Balaban J connectivity index is 1.42. The summed E-state index contributed by atoms with van der Waals surface area (Å²) in [6.45, 7) is 5.42. The molecule has 1 aliphatic heterocycles. The van der Waals surface area contributed by atoms with Gasteiger partial charge >= 0.3 is 0 Å². The maximum atomic E-state index is 12.1. The van der Waals surface area contributed by atoms with E-state index in [0.29, 0.717) is 13.0 Å². The van der Waals surface area contributed by atoms with Crippen molar-refractivity contribution in [2.45, 2.75) is 26.4 Å². The molecular weight excluding hydrogens is 316 g/mol. The van der Waals surface area contributed by atoms with Gasteiger partial charge in [-0.2, -0.15) is 0 Å². The van der Waals surface area contributed by atoms with E-state index >= 15 is 0 Å². The average molecular weight is 340 g/mol. The first-order valence-corrected chi connectivity index (χ1v) is 8.66. The van der Waals surface area contributed by atoms with Gasteiger partial charge in [0.15, 0.2) is 11.5 Å². The summed E-state index contributed by atoms with van der Waals surface area (Å²) in [6.07, 6.45) is 0.491. The van der Waals surface area contributed by atoms with E-state index in [4.69, 9.17) is 9.47 Å². The molecule has 1 heterocycles. The van der Waals surface area contributed by atoms with Gasteiger partial charge in [-0.05, 0) is 29.8 Å². The molecular formula is C20H24N2O3. The molecule has 0 bridgehead atoms. The maximum absolute atomic E-state index is 12.1. The Morgan fingerprint density at radius 2 is 1.88 bits per heavy atom. The number of nitrogens with zero attached hydrogens (tertiary/aromatic N) is 1. The van der Waals surface area contributed by atoms with Crippen LogP contribution >= 0.6 is 0 Å². The van der Waals surface area contributed by atoms with Crippen molar-refractivity contribution in [2.75, 3.05) is 19.9 Å². The van der Waals surface area contributed by atoms with Crippen LogP contribution in [0.2, 0.25) is 0 Å². The molecule has 0 aromatic heterocycles. The summed E-state index contributed by atoms with van der Waals surface area (Å²) in [5, 5.41) is 2.97. The molecule has 25 heavy (non-hydrogen) atoms. The molecule has 0 aliphatic carbocycles. The predicted octanol–water partition coefficient (Wildman–Crippen LogP) is 2.94. The molecule has 5 nitrogen and oxygen atoms in total. The maximum Gasteiger partial charge on any atom is 0.231 e. The first kappa shape index (κ1) is 17.3. The predicted molar refractivity (Wildman–Crippen MR) is 96.4 cm³/mol. The largest absolute Gasteiger partial charge is 0.454 e. The lowest BCUT2D eigenvalue weighted by molar-refractivity contribution is -0.121. The molecule has 5 heteroatoms. The minimum Gasteiger partial charge on any atom is -0.454 e. The molecule has 1 aliphatic rings. The molecule has 0 spiro atoms. The highest BCUT2D eigenvalue weighted by Crippen LogP contribution is 2.32. The van der Waals surface area contributed by atoms with Crippen LogP contribution in [0.5, 0.6) is 11.5 Å². The number of nitrogens with one attached hydrogen (secondary N) is 1. The topological polar surface area (TPSA) is 50.8 Å². The standard InChI is InChI=1S/C20H24N2O3/c1-2-22(14-16-6-4-3-5-7-16)11-10-20(23)21-13-17-8-9-18-19(12-17)25-15-24-18/h3-9,12H,2,10-11,13-15H2,1H3,(H,21,23). The third kappa shape index (κ3) is 4.97. The van der Waals surface area contributed by atoms with Gasteiger partial charge in [0.1, 0.15) is 0 Å². The summed E-state index contributed by atoms with van der Waals surface area (Å²) >= 11 is 0. The third-order valence-corrected chi connectivity index (χ3v) is 4.28. The van der Waals surface area contributed by atoms with Gasteiger partial charge in [-0.1, -0.05) is 43.3 Å². The van der Waals surface area contributed by atoms with Crippen molar-refractivity contribution >= 4 is 5.91 Å². The number of carbonyl (C=O) groups excluding carboxylic acids is 1. The summed E-state index contributed by atoms with van der Waals surface area (Å²) in [6, 6.07) is 16.1. The number of fused-ring (bicyclic) bond motifs is 1. The van der Waals surface area contributed by atoms with E-state index < -0.39 is 0 Å². The highest BCUT2D eigenvalue weighted by Gasteiger charge is 2.13. The van der Waals surface area contributed by atoms with Crippen molar-refractivity contribution in [3.05, 3.63) is 59.7 Å². The highest BCUT2D eigenvalue weighted by atomic mass is 16.7. The van der Waals surface area contributed by atoms with E-state index in [2.05, 4.69) is 29.3 Å². The Labute approximate surface area is 148 Å². The molecule has 0 saturated carbocycles. The number of rotatable bonds is 8. The Bertz CT molecular complexity index is 703. The Hall–Kier alpha value is -2.53. The Kier molecular flexibility index (Phi) is 5.90. The van der Waals surface area contributed by atoms with Crippen LogP contribution in [0, 0.1) is 0 Å². The highest BCUT2D eigenvalue weighted by molar-refractivity contribution is 5.76. The van der Waals surface area contributed by atoms with E-state index in [1.54, 1.807) is 0 Å². The summed E-state index contributed by atoms with van der Waals surface area (Å²) in [7, 11) is 0. The van der Waals surface area contributed by atoms with E-state index in [1.165, 1.54) is 5.56 Å². The molecule has 0 radical (unpaired) electrons. The summed E-state index contributed by atoms with van der Waals surface area (Å²) < 4.78 is 10.6. The van der Waals surface area contributed by atoms with E-state index in [0.717, 1.165) is 36.7 Å². The van der Waals surface area contributed by atoms with Crippen molar-refractivity contribution in [3.63, 3.8) is 0 Å². The van der Waals surface area contributed by atoms with Crippen LogP contribution < -0.4 is 14.8 Å². The first-order chi connectivity index (χ1) is 12.2. The van der Waals surface area contributed by atoms with Gasteiger partial charge in [0.25, 0.3) is 0 Å². The minimum atomic E-state index is 0.0594. The van der Waals surface area contributed by atoms with Crippen LogP contribution in [0.15, 0.2) is 48.5 Å². The van der Waals surface area contributed by atoms with Crippen molar-refractivity contribution in [2.24, 2.45) is 0 Å². The van der Waals surface area contributed by atoms with Crippen LogP contribution in [0.1, 0.15) is 24.5 Å². The van der Waals surface area contributed by atoms with E-state index in [-0.39, 0.29) is 12.7 Å². The molecule has 0 saturated heterocycles. The van der Waals surface area contributed by atoms with Crippen LogP contribution in [0.4, 0.5) is 0 Å². The SMILES string of the molecule is CCN(CCC(=O)NCc1ccc2c(c1)OCO2)Cc1ccccc1. The molecule has 2 aromatic rings. The van der Waals surface area contributed by atoms with Crippen LogP contribution in [0.25, 0.3) is 0 Å². The minimum absolute atomic E-state index is 0.0594. The fraction of sp³-hybridized carbons (Fsp3) is 0.350. The number of hydrogen-bond donors (Lipinski definition) is 1. The Morgan fingerprint density at radius 3 is 2.68 bits per heavy atom. The normalized spacial score (nSPS) is 12.4. The van der Waals surface area contributed by atoms with Crippen molar-refractivity contribution in [1.82, 2.24) is 10.2 Å². The first-order valence-electron chi connectivity index (χ1n) is 8.66. The molecule has 0 unspecified atom stereocenters. The molecule has 3 rings (SSSR count). The molecule has 0 atom stereocenters. The average Bonchev–Trinajstić information content (AvgIpc) is 3.12. The van der Waals surface area contributed by atoms with Crippen LogP contribution in [-0.2, 0) is 17.9 Å². The van der Waals surface area contributed by atoms with Crippen LogP contribution in [-0.4, -0.2) is 30.7 Å². The lowest BCUT2D eigenvalue weighted by Gasteiger charge is -2.20. The smallest absolute Gasteiger partial charge is 0.231 e. The van der Waals surface area contributed by atoms with Crippen molar-refractivity contribution in [1.29, 1.82) is 0 Å². The van der Waals surface area contributed by atoms with Gasteiger partial charge in [0.2, 0.25) is 12.7 Å². The molecule has 1 N–H and O–H groups in total. The molecule has 132 valence electrons. The zero-order valence-corrected chi connectivity index (χ0v) is 14.5. The number of amides is 1. The quantitative estimate of drug-likeness (QED) is 0.803. The fourth-order valence-electron chi connectivity index (χ4n) is 2.79. The molecule has 0 fully saturated rings. The molecule has 2 aromatic carbocycles. The fourth-order valence-corrected chi connectivity index (χ4v) is 2.79. The number of benzene rings is 2. The zero-order chi connectivity index (χ0) is 17.5. The zero-order valence-electron chi connectivity index (χ0n) is 14.5. The van der Waals surface area contributed by atoms with Crippen molar-refractivity contribution < 1.29 is 14.3 Å². The second-order valence-electron chi connectivity index (χ2n) is 6.07. The summed E-state index contributed by atoms with van der Waals surface area (Å²) in [5.41, 5.74) is 2.28. The van der Waals surface area contributed by atoms with Gasteiger partial charge in [-0.25, -0.2) is 0 Å². The lowest BCUT2D eigenvalue weighted by atomic mass is 10.2.